The number of ether oxygens (including phenoxy) is 1. The number of anilines is 1. The molecule has 9 nitrogen and oxygen atoms in total. The quantitative estimate of drug-likeness (QED) is 0.374. The summed E-state index contributed by atoms with van der Waals surface area (Å²) in [5.41, 5.74) is 0.955. The van der Waals surface area contributed by atoms with Crippen molar-refractivity contribution in [3.63, 3.8) is 0 Å². The molecule has 2 amide bonds. The molecule has 2 aromatic carbocycles. The molecular weight excluding hydrogens is 564 g/mol. The van der Waals surface area contributed by atoms with E-state index in [0.29, 0.717) is 42.5 Å². The molecule has 232 valence electrons. The average Bonchev–Trinajstić information content (AvgIpc) is 3.01. The number of carbonyl (C=O) groups is 2. The maximum Gasteiger partial charge on any atom is 0.246 e. The van der Waals surface area contributed by atoms with E-state index in [1.807, 2.05) is 29.2 Å². The highest BCUT2D eigenvalue weighted by Gasteiger charge is 2.53. The van der Waals surface area contributed by atoms with Crippen LogP contribution in [0.15, 0.2) is 48.5 Å². The second-order valence-corrected chi connectivity index (χ2v) is 14.4. The number of piperidine rings is 1. The number of hydrogen-bond acceptors (Lipinski definition) is 6. The summed E-state index contributed by atoms with van der Waals surface area (Å²) in [6, 6.07) is 14.4. The van der Waals surface area contributed by atoms with Crippen molar-refractivity contribution in [1.29, 1.82) is 0 Å². The zero-order valence-electron chi connectivity index (χ0n) is 25.3. The van der Waals surface area contributed by atoms with E-state index in [-0.39, 0.29) is 17.9 Å². The largest absolute Gasteiger partial charge is 0.457 e. The second kappa shape index (κ2) is 13.5. The van der Waals surface area contributed by atoms with Gasteiger partial charge in [0.2, 0.25) is 17.0 Å². The van der Waals surface area contributed by atoms with Crippen LogP contribution in [0.4, 0.5) is 5.69 Å². The second-order valence-electron chi connectivity index (χ2n) is 12.4. The Morgan fingerprint density at radius 1 is 1.00 bits per heavy atom. The Hall–Kier alpha value is -3.33. The molecule has 3 aliphatic rings. The Balaban J connectivity index is 1.15. The molecule has 5 rings (SSSR count). The van der Waals surface area contributed by atoms with E-state index in [9.17, 15) is 18.6 Å². The standard InChI is InChI=1S/C33H44N4O5S/c1-3-19-37-31(39)30(22-25-7-5-4-6-8-25)34-32(40)33(37)17-20-36(21-18-33)23-26-9-13-28(14-10-26)42-29-15-11-27(12-16-29)35-43(2,41)24-38/h9-16,25,30H,3-8,17-23H2,1-2H3,(H,34,40)(H,35,41)/t30-,43?/m0/s1. The van der Waals surface area contributed by atoms with Gasteiger partial charge in [0.25, 0.3) is 0 Å². The molecule has 1 spiro atoms. The topological polar surface area (TPSA) is 108 Å². The van der Waals surface area contributed by atoms with Gasteiger partial charge in [-0.15, -0.1) is 0 Å². The number of nitrogens with zero attached hydrogens (tertiary/aromatic N) is 2. The van der Waals surface area contributed by atoms with Crippen molar-refractivity contribution in [2.75, 3.05) is 30.6 Å². The number of hydrogen-bond donors (Lipinski definition) is 2. The van der Waals surface area contributed by atoms with Gasteiger partial charge in [-0.1, -0.05) is 51.2 Å². The van der Waals surface area contributed by atoms with Gasteiger partial charge in [0.15, 0.2) is 0 Å². The van der Waals surface area contributed by atoms with Crippen molar-refractivity contribution < 1.29 is 23.3 Å². The van der Waals surface area contributed by atoms with Crippen LogP contribution in [0.3, 0.4) is 0 Å². The SMILES string of the molecule is CCCN1C(=O)[C@H](CC2CCCCC2)NC(=O)C12CCN(Cc1ccc(Oc3ccc(NS(C)(=O)=C=O)cc3)cc1)CC2. The van der Waals surface area contributed by atoms with Crippen LogP contribution in [-0.2, 0) is 30.6 Å². The van der Waals surface area contributed by atoms with Crippen LogP contribution in [0.5, 0.6) is 11.5 Å². The van der Waals surface area contributed by atoms with Gasteiger partial charge in [0.05, 0.1) is 0 Å². The fourth-order valence-corrected chi connectivity index (χ4v) is 7.44. The van der Waals surface area contributed by atoms with E-state index < -0.39 is 15.2 Å². The smallest absolute Gasteiger partial charge is 0.246 e. The van der Waals surface area contributed by atoms with Crippen molar-refractivity contribution in [1.82, 2.24) is 15.1 Å². The van der Waals surface area contributed by atoms with Gasteiger partial charge in [-0.3, -0.25) is 14.5 Å². The maximum atomic E-state index is 13.7. The van der Waals surface area contributed by atoms with Gasteiger partial charge < -0.3 is 19.7 Å². The van der Waals surface area contributed by atoms with Crippen LogP contribution < -0.4 is 14.8 Å². The molecule has 10 heteroatoms. The summed E-state index contributed by atoms with van der Waals surface area (Å²) < 4.78 is 20.5. The number of piperazine rings is 1. The van der Waals surface area contributed by atoms with E-state index in [2.05, 4.69) is 21.9 Å². The van der Waals surface area contributed by atoms with E-state index in [1.165, 1.54) is 30.8 Å². The van der Waals surface area contributed by atoms with Gasteiger partial charge in [-0.2, -0.15) is 0 Å². The molecule has 1 saturated carbocycles. The molecule has 2 N–H and O–H groups in total. The number of carbonyl (C=O) groups excluding carboxylic acids is 3. The highest BCUT2D eigenvalue weighted by molar-refractivity contribution is 8.01. The first-order chi connectivity index (χ1) is 20.7. The molecule has 0 aromatic heterocycles. The Bertz CT molecular complexity index is 1420. The van der Waals surface area contributed by atoms with Gasteiger partial charge in [-0.05, 0) is 73.6 Å². The summed E-state index contributed by atoms with van der Waals surface area (Å²) in [5, 5.41) is 4.69. The number of nitrogens with one attached hydrogen (secondary N) is 2. The highest BCUT2D eigenvalue weighted by Crippen LogP contribution is 2.36. The van der Waals surface area contributed by atoms with Crippen molar-refractivity contribution in [3.05, 3.63) is 54.1 Å². The van der Waals surface area contributed by atoms with Crippen LogP contribution in [0.1, 0.15) is 70.3 Å². The predicted octanol–water partition coefficient (Wildman–Crippen LogP) is 4.83. The lowest BCUT2D eigenvalue weighted by molar-refractivity contribution is -0.162. The third kappa shape index (κ3) is 7.43. The summed E-state index contributed by atoms with van der Waals surface area (Å²) in [6.07, 6.45) is 10.3. The van der Waals surface area contributed by atoms with Crippen molar-refractivity contribution in [2.24, 2.45) is 5.92 Å². The third-order valence-electron chi connectivity index (χ3n) is 9.12. The van der Waals surface area contributed by atoms with E-state index in [1.54, 1.807) is 24.3 Å². The Morgan fingerprint density at radius 3 is 2.23 bits per heavy atom. The van der Waals surface area contributed by atoms with E-state index in [4.69, 9.17) is 4.74 Å². The van der Waals surface area contributed by atoms with E-state index >= 15 is 0 Å². The summed E-state index contributed by atoms with van der Waals surface area (Å²) in [7, 11) is -2.88. The lowest BCUT2D eigenvalue weighted by atomic mass is 9.79. The predicted molar refractivity (Wildman–Crippen MR) is 169 cm³/mol. The third-order valence-corrected chi connectivity index (χ3v) is 10.1. The van der Waals surface area contributed by atoms with Crippen LogP contribution in [0, 0.1) is 5.92 Å². The molecule has 0 radical (unpaired) electrons. The van der Waals surface area contributed by atoms with Crippen molar-refractivity contribution in [2.45, 2.75) is 82.8 Å². The Kier molecular flexibility index (Phi) is 9.79. The zero-order chi connectivity index (χ0) is 30.5. The molecule has 43 heavy (non-hydrogen) atoms. The number of likely N-dealkylation sites (tertiary alicyclic amines) is 1. The van der Waals surface area contributed by atoms with Crippen molar-refractivity contribution >= 4 is 32.4 Å². The lowest BCUT2D eigenvalue weighted by Gasteiger charge is -2.52. The average molecular weight is 609 g/mol. The van der Waals surface area contributed by atoms with Crippen LogP contribution in [0.2, 0.25) is 0 Å². The first-order valence-corrected chi connectivity index (χ1v) is 17.6. The van der Waals surface area contributed by atoms with Gasteiger partial charge in [0, 0.05) is 38.1 Å². The van der Waals surface area contributed by atoms with Gasteiger partial charge >= 0.3 is 0 Å². The molecule has 2 aromatic rings. The monoisotopic (exact) mass is 608 g/mol. The summed E-state index contributed by atoms with van der Waals surface area (Å²) >= 11 is 0. The normalized spacial score (nSPS) is 22.5. The van der Waals surface area contributed by atoms with Crippen LogP contribution in [0.25, 0.3) is 0 Å². The molecule has 3 fully saturated rings. The molecular formula is C33H44N4O5S. The summed E-state index contributed by atoms with van der Waals surface area (Å²) in [5.74, 6) is 2.00. The molecule has 1 aliphatic carbocycles. The Morgan fingerprint density at radius 2 is 1.63 bits per heavy atom. The van der Waals surface area contributed by atoms with Crippen molar-refractivity contribution in [3.8, 4) is 11.5 Å². The fourth-order valence-electron chi connectivity index (χ4n) is 6.81. The molecule has 1 unspecified atom stereocenters. The fraction of sp³-hybridized carbons (Fsp3) is 0.545. The maximum absolute atomic E-state index is 13.7. The molecule has 2 heterocycles. The minimum absolute atomic E-state index is 0.0386. The summed E-state index contributed by atoms with van der Waals surface area (Å²) in [6.45, 7) is 4.97. The Labute approximate surface area is 255 Å². The lowest BCUT2D eigenvalue weighted by Crippen LogP contribution is -2.73. The molecule has 0 bridgehead atoms. The van der Waals surface area contributed by atoms with Crippen LogP contribution >= 0.6 is 0 Å². The van der Waals surface area contributed by atoms with Crippen LogP contribution in [-0.4, -0.2) is 68.5 Å². The minimum Gasteiger partial charge on any atom is -0.457 e. The first kappa shape index (κ1) is 31.1. The highest BCUT2D eigenvalue weighted by atomic mass is 32.2. The number of benzene rings is 2. The zero-order valence-corrected chi connectivity index (χ0v) is 26.1. The van der Waals surface area contributed by atoms with E-state index in [0.717, 1.165) is 50.9 Å². The number of amides is 2. The van der Waals surface area contributed by atoms with Gasteiger partial charge in [0.1, 0.15) is 32.8 Å². The minimum atomic E-state index is -2.88. The molecule has 2 atom stereocenters. The molecule has 2 aliphatic heterocycles. The molecule has 2 saturated heterocycles. The number of rotatable bonds is 10. The van der Waals surface area contributed by atoms with Gasteiger partial charge in [-0.25, -0.2) is 9.00 Å². The summed E-state index contributed by atoms with van der Waals surface area (Å²) in [4.78, 5) is 42.4. The first-order valence-electron chi connectivity index (χ1n) is 15.6.